The number of nitrogens with one attached hydrogen (secondary N) is 1. The SMILES string of the molecule is O=C(NCc1ccc2c(c1)OCO2)c1ccc(OCC(=O)C2CC2)cc1. The molecule has 26 heavy (non-hydrogen) atoms. The van der Waals surface area contributed by atoms with E-state index in [0.29, 0.717) is 23.6 Å². The van der Waals surface area contributed by atoms with Gasteiger partial charge in [0.15, 0.2) is 17.3 Å². The second-order valence-corrected chi connectivity index (χ2v) is 6.42. The van der Waals surface area contributed by atoms with E-state index in [4.69, 9.17) is 14.2 Å². The van der Waals surface area contributed by atoms with E-state index in [1.807, 2.05) is 18.2 Å². The van der Waals surface area contributed by atoms with Gasteiger partial charge in [-0.3, -0.25) is 9.59 Å². The van der Waals surface area contributed by atoms with Crippen LogP contribution in [-0.4, -0.2) is 25.1 Å². The fourth-order valence-corrected chi connectivity index (χ4v) is 2.72. The largest absolute Gasteiger partial charge is 0.486 e. The predicted molar refractivity (Wildman–Crippen MR) is 93.4 cm³/mol. The van der Waals surface area contributed by atoms with Gasteiger partial charge in [-0.1, -0.05) is 6.07 Å². The van der Waals surface area contributed by atoms with E-state index >= 15 is 0 Å². The first-order valence-corrected chi connectivity index (χ1v) is 8.61. The molecule has 1 fully saturated rings. The van der Waals surface area contributed by atoms with Crippen LogP contribution >= 0.6 is 0 Å². The van der Waals surface area contributed by atoms with Gasteiger partial charge in [-0.05, 0) is 54.8 Å². The minimum Gasteiger partial charge on any atom is -0.486 e. The molecule has 1 saturated carbocycles. The molecule has 0 atom stereocenters. The Balaban J connectivity index is 1.29. The second-order valence-electron chi connectivity index (χ2n) is 6.42. The van der Waals surface area contributed by atoms with Crippen LogP contribution in [0.1, 0.15) is 28.8 Å². The number of amides is 1. The molecular weight excluding hydrogens is 334 g/mol. The van der Waals surface area contributed by atoms with Gasteiger partial charge in [0.2, 0.25) is 6.79 Å². The molecule has 0 radical (unpaired) electrons. The summed E-state index contributed by atoms with van der Waals surface area (Å²) in [5, 5.41) is 2.87. The van der Waals surface area contributed by atoms with Crippen LogP contribution in [0.25, 0.3) is 0 Å². The molecule has 4 rings (SSSR count). The van der Waals surface area contributed by atoms with E-state index in [9.17, 15) is 9.59 Å². The number of carbonyl (C=O) groups is 2. The van der Waals surface area contributed by atoms with Crippen molar-refractivity contribution in [2.75, 3.05) is 13.4 Å². The Bertz CT molecular complexity index is 827. The molecule has 0 saturated heterocycles. The van der Waals surface area contributed by atoms with Gasteiger partial charge >= 0.3 is 0 Å². The molecule has 2 aromatic rings. The third-order valence-electron chi connectivity index (χ3n) is 4.42. The molecule has 0 spiro atoms. The van der Waals surface area contributed by atoms with Crippen LogP contribution < -0.4 is 19.5 Å². The fraction of sp³-hybridized carbons (Fsp3) is 0.300. The summed E-state index contributed by atoms with van der Waals surface area (Å²) < 4.78 is 16.1. The van der Waals surface area contributed by atoms with E-state index in [-0.39, 0.29) is 31.0 Å². The van der Waals surface area contributed by atoms with Crippen LogP contribution in [0.4, 0.5) is 0 Å². The van der Waals surface area contributed by atoms with Crippen LogP contribution in [0.15, 0.2) is 42.5 Å². The second kappa shape index (κ2) is 7.07. The highest BCUT2D eigenvalue weighted by atomic mass is 16.7. The molecule has 0 bridgehead atoms. The van der Waals surface area contributed by atoms with Crippen molar-refractivity contribution in [3.05, 3.63) is 53.6 Å². The first-order valence-electron chi connectivity index (χ1n) is 8.61. The topological polar surface area (TPSA) is 73.9 Å². The summed E-state index contributed by atoms with van der Waals surface area (Å²) in [5.74, 6) is 2.16. The summed E-state index contributed by atoms with van der Waals surface area (Å²) in [4.78, 5) is 23.9. The fourth-order valence-electron chi connectivity index (χ4n) is 2.72. The van der Waals surface area contributed by atoms with E-state index in [2.05, 4.69) is 5.32 Å². The highest BCUT2D eigenvalue weighted by molar-refractivity contribution is 5.94. The highest BCUT2D eigenvalue weighted by Crippen LogP contribution is 2.32. The predicted octanol–water partition coefficient (Wildman–Crippen LogP) is 2.70. The monoisotopic (exact) mass is 353 g/mol. The molecule has 0 aromatic heterocycles. The summed E-state index contributed by atoms with van der Waals surface area (Å²) in [5.41, 5.74) is 1.47. The van der Waals surface area contributed by atoms with Gasteiger partial charge < -0.3 is 19.5 Å². The van der Waals surface area contributed by atoms with Gasteiger partial charge in [-0.15, -0.1) is 0 Å². The van der Waals surface area contributed by atoms with Crippen molar-refractivity contribution in [2.45, 2.75) is 19.4 Å². The maximum Gasteiger partial charge on any atom is 0.251 e. The number of ether oxygens (including phenoxy) is 3. The maximum atomic E-state index is 12.3. The number of carbonyl (C=O) groups excluding carboxylic acids is 2. The molecule has 1 heterocycles. The summed E-state index contributed by atoms with van der Waals surface area (Å²) in [6.07, 6.45) is 1.95. The highest BCUT2D eigenvalue weighted by Gasteiger charge is 2.29. The molecule has 1 aliphatic heterocycles. The Morgan fingerprint density at radius 3 is 2.58 bits per heavy atom. The molecule has 134 valence electrons. The Kier molecular flexibility index (Phi) is 4.48. The maximum absolute atomic E-state index is 12.3. The lowest BCUT2D eigenvalue weighted by Crippen LogP contribution is -2.22. The lowest BCUT2D eigenvalue weighted by molar-refractivity contribution is -0.122. The summed E-state index contributed by atoms with van der Waals surface area (Å²) >= 11 is 0. The third-order valence-corrected chi connectivity index (χ3v) is 4.42. The van der Waals surface area contributed by atoms with Crippen molar-refractivity contribution < 1.29 is 23.8 Å². The zero-order valence-corrected chi connectivity index (χ0v) is 14.2. The summed E-state index contributed by atoms with van der Waals surface area (Å²) in [7, 11) is 0. The molecule has 1 aliphatic carbocycles. The van der Waals surface area contributed by atoms with Crippen molar-refractivity contribution in [1.82, 2.24) is 5.32 Å². The smallest absolute Gasteiger partial charge is 0.251 e. The van der Waals surface area contributed by atoms with Crippen molar-refractivity contribution in [3.8, 4) is 17.2 Å². The van der Waals surface area contributed by atoms with Crippen molar-refractivity contribution in [3.63, 3.8) is 0 Å². The standard InChI is InChI=1S/C20H19NO5/c22-17(14-2-3-14)11-24-16-6-4-15(5-7-16)20(23)21-10-13-1-8-18-19(9-13)26-12-25-18/h1,4-9,14H,2-3,10-12H2,(H,21,23). The first kappa shape index (κ1) is 16.4. The minimum atomic E-state index is -0.178. The van der Waals surface area contributed by atoms with Gasteiger partial charge in [0, 0.05) is 18.0 Å². The number of fused-ring (bicyclic) bond motifs is 1. The zero-order valence-electron chi connectivity index (χ0n) is 14.2. The van der Waals surface area contributed by atoms with E-state index in [1.54, 1.807) is 24.3 Å². The molecule has 1 amide bonds. The number of benzene rings is 2. The minimum absolute atomic E-state index is 0.0975. The number of ketones is 1. The van der Waals surface area contributed by atoms with Gasteiger partial charge in [0.25, 0.3) is 5.91 Å². The van der Waals surface area contributed by atoms with E-state index in [1.165, 1.54) is 0 Å². The average Bonchev–Trinajstić information content (AvgIpc) is 3.42. The lowest BCUT2D eigenvalue weighted by atomic mass is 10.1. The molecule has 0 unspecified atom stereocenters. The van der Waals surface area contributed by atoms with Crippen LogP contribution in [0.3, 0.4) is 0 Å². The Labute approximate surface area is 151 Å². The van der Waals surface area contributed by atoms with Crippen LogP contribution in [0.2, 0.25) is 0 Å². The quantitative estimate of drug-likeness (QED) is 0.828. The molecule has 2 aliphatic rings. The molecular formula is C20H19NO5. The van der Waals surface area contributed by atoms with Gasteiger partial charge in [-0.25, -0.2) is 0 Å². The van der Waals surface area contributed by atoms with E-state index in [0.717, 1.165) is 24.2 Å². The van der Waals surface area contributed by atoms with E-state index < -0.39 is 0 Å². The number of hydrogen-bond acceptors (Lipinski definition) is 5. The van der Waals surface area contributed by atoms with Crippen molar-refractivity contribution >= 4 is 11.7 Å². The normalized spacial score (nSPS) is 14.8. The Morgan fingerprint density at radius 2 is 1.81 bits per heavy atom. The lowest BCUT2D eigenvalue weighted by Gasteiger charge is -2.08. The van der Waals surface area contributed by atoms with Crippen LogP contribution in [0, 0.1) is 5.92 Å². The molecule has 1 N–H and O–H groups in total. The van der Waals surface area contributed by atoms with Crippen molar-refractivity contribution in [2.24, 2.45) is 5.92 Å². The Morgan fingerprint density at radius 1 is 1.04 bits per heavy atom. The zero-order chi connectivity index (χ0) is 17.9. The van der Waals surface area contributed by atoms with Gasteiger partial charge in [0.1, 0.15) is 12.4 Å². The van der Waals surface area contributed by atoms with Crippen LogP contribution in [0.5, 0.6) is 17.2 Å². The molecule has 2 aromatic carbocycles. The third kappa shape index (κ3) is 3.79. The average molecular weight is 353 g/mol. The van der Waals surface area contributed by atoms with Crippen LogP contribution in [-0.2, 0) is 11.3 Å². The Hall–Kier alpha value is -3.02. The number of rotatable bonds is 7. The van der Waals surface area contributed by atoms with Gasteiger partial charge in [0.05, 0.1) is 0 Å². The molecule has 6 nitrogen and oxygen atoms in total. The number of Topliss-reactive ketones (excluding diaryl/α,β-unsaturated/α-hetero) is 1. The molecule has 6 heteroatoms. The summed E-state index contributed by atoms with van der Waals surface area (Å²) in [6.45, 7) is 0.718. The van der Waals surface area contributed by atoms with Crippen molar-refractivity contribution in [1.29, 1.82) is 0 Å². The van der Waals surface area contributed by atoms with Gasteiger partial charge in [-0.2, -0.15) is 0 Å². The summed E-state index contributed by atoms with van der Waals surface area (Å²) in [6, 6.07) is 12.4. The first-order chi connectivity index (χ1) is 12.7. The number of hydrogen-bond donors (Lipinski definition) is 1.